The molecule has 0 radical (unpaired) electrons. The molecule has 0 aromatic heterocycles. The molecule has 1 heteroatoms. The van der Waals surface area contributed by atoms with Crippen LogP contribution in [0.5, 0.6) is 0 Å². The Kier molecular flexibility index (Phi) is 3.53. The predicted octanol–water partition coefficient (Wildman–Crippen LogP) is 4.25. The summed E-state index contributed by atoms with van der Waals surface area (Å²) in [5.74, 6) is 0.718. The van der Waals surface area contributed by atoms with Crippen LogP contribution in [0.1, 0.15) is 52.9 Å². The molecule has 0 aromatic carbocycles. The maximum absolute atomic E-state index is 6.18. The fourth-order valence-corrected chi connectivity index (χ4v) is 2.86. The van der Waals surface area contributed by atoms with Gasteiger partial charge in [-0.15, -0.1) is 0 Å². The van der Waals surface area contributed by atoms with Gasteiger partial charge in [-0.05, 0) is 58.8 Å². The molecule has 2 atom stereocenters. The van der Waals surface area contributed by atoms with Gasteiger partial charge in [0, 0.05) is 0 Å². The van der Waals surface area contributed by atoms with Gasteiger partial charge in [0.25, 0.3) is 0 Å². The lowest BCUT2D eigenvalue weighted by molar-refractivity contribution is -0.0689. The Morgan fingerprint density at radius 2 is 2.06 bits per heavy atom. The van der Waals surface area contributed by atoms with Crippen LogP contribution < -0.4 is 0 Å². The summed E-state index contributed by atoms with van der Waals surface area (Å²) in [5, 5.41) is 0. The van der Waals surface area contributed by atoms with E-state index in [0.29, 0.717) is 0 Å². The van der Waals surface area contributed by atoms with Crippen LogP contribution in [0, 0.1) is 5.92 Å². The first-order valence-electron chi connectivity index (χ1n) is 6.55. The molecule has 1 aliphatic carbocycles. The van der Waals surface area contributed by atoms with Crippen molar-refractivity contribution < 1.29 is 4.74 Å². The summed E-state index contributed by atoms with van der Waals surface area (Å²) in [6, 6.07) is 0. The van der Waals surface area contributed by atoms with Gasteiger partial charge in [0.1, 0.15) is 0 Å². The van der Waals surface area contributed by atoms with Crippen molar-refractivity contribution in [2.75, 3.05) is 6.61 Å². The monoisotopic (exact) mass is 220 g/mol. The minimum absolute atomic E-state index is 0.103. The summed E-state index contributed by atoms with van der Waals surface area (Å²) >= 11 is 0. The second kappa shape index (κ2) is 4.75. The summed E-state index contributed by atoms with van der Waals surface area (Å²) < 4.78 is 6.18. The van der Waals surface area contributed by atoms with Gasteiger partial charge in [-0.1, -0.05) is 23.3 Å². The molecule has 0 N–H and O–H groups in total. The Hall–Kier alpha value is -0.560. The molecule has 0 fully saturated rings. The molecule has 1 nitrogen and oxygen atoms in total. The summed E-state index contributed by atoms with van der Waals surface area (Å²) in [6.07, 6.45) is 10.9. The van der Waals surface area contributed by atoms with E-state index in [1.165, 1.54) is 37.7 Å². The lowest BCUT2D eigenvalue weighted by Crippen LogP contribution is -2.38. The van der Waals surface area contributed by atoms with Crippen LogP contribution >= 0.6 is 0 Å². The van der Waals surface area contributed by atoms with Gasteiger partial charge >= 0.3 is 0 Å². The van der Waals surface area contributed by atoms with E-state index in [2.05, 4.69) is 32.9 Å². The molecule has 0 saturated heterocycles. The molecular weight excluding hydrogens is 196 g/mol. The van der Waals surface area contributed by atoms with Gasteiger partial charge in [-0.2, -0.15) is 0 Å². The van der Waals surface area contributed by atoms with Crippen molar-refractivity contribution in [1.82, 2.24) is 0 Å². The minimum atomic E-state index is 0.103. The predicted molar refractivity (Wildman–Crippen MR) is 68.4 cm³/mol. The smallest absolute Gasteiger partial charge is 0.0693 e. The van der Waals surface area contributed by atoms with Crippen molar-refractivity contribution in [3.8, 4) is 0 Å². The van der Waals surface area contributed by atoms with E-state index in [9.17, 15) is 0 Å². The van der Waals surface area contributed by atoms with Crippen LogP contribution in [0.25, 0.3) is 0 Å². The molecule has 0 saturated carbocycles. The highest BCUT2D eigenvalue weighted by Gasteiger charge is 2.35. The number of allylic oxidation sites excluding steroid dienone is 3. The van der Waals surface area contributed by atoms with Crippen molar-refractivity contribution in [3.63, 3.8) is 0 Å². The highest BCUT2D eigenvalue weighted by atomic mass is 16.5. The third-order valence-electron chi connectivity index (χ3n) is 4.26. The highest BCUT2D eigenvalue weighted by Crippen LogP contribution is 2.38. The average Bonchev–Trinajstić information content (AvgIpc) is 2.43. The van der Waals surface area contributed by atoms with Crippen LogP contribution in [-0.2, 0) is 4.74 Å². The zero-order chi connectivity index (χ0) is 11.6. The zero-order valence-electron chi connectivity index (χ0n) is 10.9. The van der Waals surface area contributed by atoms with Crippen molar-refractivity contribution >= 4 is 0 Å². The third-order valence-corrected chi connectivity index (χ3v) is 4.26. The zero-order valence-corrected chi connectivity index (χ0v) is 10.9. The number of rotatable bonds is 1. The van der Waals surface area contributed by atoms with Gasteiger partial charge < -0.3 is 4.74 Å². The Balaban J connectivity index is 2.03. The third kappa shape index (κ3) is 2.57. The van der Waals surface area contributed by atoms with Gasteiger partial charge in [-0.25, -0.2) is 0 Å². The maximum atomic E-state index is 6.18. The van der Waals surface area contributed by atoms with Gasteiger partial charge in [-0.3, -0.25) is 0 Å². The van der Waals surface area contributed by atoms with E-state index in [0.717, 1.165) is 12.5 Å². The summed E-state index contributed by atoms with van der Waals surface area (Å²) in [4.78, 5) is 0. The summed E-state index contributed by atoms with van der Waals surface area (Å²) in [6.45, 7) is 7.57. The lowest BCUT2D eigenvalue weighted by atomic mass is 9.76. The minimum Gasteiger partial charge on any atom is -0.371 e. The molecule has 0 aromatic rings. The fraction of sp³-hybridized carbons (Fsp3) is 0.733. The Morgan fingerprint density at radius 3 is 2.75 bits per heavy atom. The average molecular weight is 220 g/mol. The maximum Gasteiger partial charge on any atom is 0.0693 e. The second-order valence-electron chi connectivity index (χ2n) is 5.71. The second-order valence-corrected chi connectivity index (χ2v) is 5.71. The van der Waals surface area contributed by atoms with Crippen molar-refractivity contribution in [3.05, 3.63) is 23.3 Å². The fourth-order valence-electron chi connectivity index (χ4n) is 2.86. The first-order chi connectivity index (χ1) is 7.60. The molecule has 16 heavy (non-hydrogen) atoms. The molecule has 2 unspecified atom stereocenters. The van der Waals surface area contributed by atoms with E-state index >= 15 is 0 Å². The normalized spacial score (nSPS) is 36.3. The lowest BCUT2D eigenvalue weighted by Gasteiger charge is -2.38. The topological polar surface area (TPSA) is 9.23 Å². The van der Waals surface area contributed by atoms with Crippen LogP contribution in [0.4, 0.5) is 0 Å². The Bertz CT molecular complexity index is 313. The van der Waals surface area contributed by atoms with E-state index in [4.69, 9.17) is 4.74 Å². The largest absolute Gasteiger partial charge is 0.371 e. The van der Waals surface area contributed by atoms with Crippen LogP contribution in [0.2, 0.25) is 0 Å². The first kappa shape index (κ1) is 11.9. The quantitative estimate of drug-likeness (QED) is 0.600. The molecule has 90 valence electrons. The number of hydrogen-bond acceptors (Lipinski definition) is 1. The molecule has 1 heterocycles. The van der Waals surface area contributed by atoms with Gasteiger partial charge in [0.15, 0.2) is 0 Å². The molecular formula is C15H24O. The molecule has 0 spiro atoms. The Morgan fingerprint density at radius 1 is 1.25 bits per heavy atom. The highest BCUT2D eigenvalue weighted by molar-refractivity contribution is 5.08. The SMILES string of the molecule is CC1=CCC(C2(C)CCC=C(C)CO2)CC1. The van der Waals surface area contributed by atoms with E-state index < -0.39 is 0 Å². The van der Waals surface area contributed by atoms with Gasteiger partial charge in [0.05, 0.1) is 12.2 Å². The van der Waals surface area contributed by atoms with E-state index in [1.807, 2.05) is 0 Å². The molecule has 2 aliphatic rings. The van der Waals surface area contributed by atoms with Crippen molar-refractivity contribution in [2.45, 2.75) is 58.5 Å². The summed E-state index contributed by atoms with van der Waals surface area (Å²) in [7, 11) is 0. The molecule has 0 amide bonds. The first-order valence-corrected chi connectivity index (χ1v) is 6.55. The molecule has 2 rings (SSSR count). The number of hydrogen-bond donors (Lipinski definition) is 0. The van der Waals surface area contributed by atoms with E-state index in [-0.39, 0.29) is 5.60 Å². The molecule has 0 bridgehead atoms. The van der Waals surface area contributed by atoms with Crippen LogP contribution in [0.15, 0.2) is 23.3 Å². The van der Waals surface area contributed by atoms with Crippen molar-refractivity contribution in [1.29, 1.82) is 0 Å². The van der Waals surface area contributed by atoms with Crippen molar-refractivity contribution in [2.24, 2.45) is 5.92 Å². The van der Waals surface area contributed by atoms with Crippen LogP contribution in [0.3, 0.4) is 0 Å². The molecule has 1 aliphatic heterocycles. The van der Waals surface area contributed by atoms with E-state index in [1.54, 1.807) is 5.57 Å². The van der Waals surface area contributed by atoms with Gasteiger partial charge in [0.2, 0.25) is 0 Å². The van der Waals surface area contributed by atoms with Crippen LogP contribution in [-0.4, -0.2) is 12.2 Å². The number of ether oxygens (including phenoxy) is 1. The standard InChI is InChI=1S/C15H24O/c1-12-6-8-14(9-7-12)15(3)10-4-5-13(2)11-16-15/h5-6,14H,4,7-11H2,1-3H3. The summed E-state index contributed by atoms with van der Waals surface area (Å²) in [5.41, 5.74) is 3.06. The Labute approximate surface area is 99.6 Å².